The van der Waals surface area contributed by atoms with Crippen molar-refractivity contribution < 1.29 is 4.79 Å². The second kappa shape index (κ2) is 6.39. The Hall–Kier alpha value is -1.69. The van der Waals surface area contributed by atoms with Crippen LogP contribution in [0.2, 0.25) is 0 Å². The van der Waals surface area contributed by atoms with Crippen LogP contribution in [0.5, 0.6) is 0 Å². The van der Waals surface area contributed by atoms with Gasteiger partial charge in [-0.3, -0.25) is 9.69 Å². The van der Waals surface area contributed by atoms with Gasteiger partial charge in [-0.1, -0.05) is 6.92 Å². The zero-order chi connectivity index (χ0) is 14.7. The van der Waals surface area contributed by atoms with Crippen LogP contribution in [-0.2, 0) is 0 Å². The Bertz CT molecular complexity index is 477. The molecule has 6 heteroatoms. The van der Waals surface area contributed by atoms with Crippen molar-refractivity contribution in [2.24, 2.45) is 0 Å². The lowest BCUT2D eigenvalue weighted by atomic mass is 10.2. The van der Waals surface area contributed by atoms with Crippen molar-refractivity contribution in [3.05, 3.63) is 18.1 Å². The molecule has 114 valence electrons. The van der Waals surface area contributed by atoms with E-state index in [0.29, 0.717) is 5.69 Å². The highest BCUT2D eigenvalue weighted by Gasteiger charge is 2.32. The van der Waals surface area contributed by atoms with E-state index in [2.05, 4.69) is 27.1 Å². The summed E-state index contributed by atoms with van der Waals surface area (Å²) in [6, 6.07) is 0.783. The van der Waals surface area contributed by atoms with Crippen LogP contribution in [0, 0.1) is 0 Å². The number of amides is 1. The molecule has 0 aromatic carbocycles. The van der Waals surface area contributed by atoms with Crippen LogP contribution in [0.4, 0.5) is 5.82 Å². The summed E-state index contributed by atoms with van der Waals surface area (Å²) in [6.07, 6.45) is 6.90. The Morgan fingerprint density at radius 2 is 2.00 bits per heavy atom. The van der Waals surface area contributed by atoms with E-state index in [1.807, 2.05) is 4.90 Å². The maximum atomic E-state index is 12.4. The first kappa shape index (κ1) is 14.3. The third-order valence-corrected chi connectivity index (χ3v) is 4.09. The van der Waals surface area contributed by atoms with E-state index in [1.54, 1.807) is 12.4 Å². The Labute approximate surface area is 125 Å². The molecule has 1 saturated heterocycles. The largest absolute Gasteiger partial charge is 0.369 e. The fourth-order valence-corrected chi connectivity index (χ4v) is 2.67. The molecule has 1 aliphatic heterocycles. The van der Waals surface area contributed by atoms with Gasteiger partial charge in [0, 0.05) is 38.8 Å². The van der Waals surface area contributed by atoms with Crippen LogP contribution in [-0.4, -0.2) is 64.4 Å². The fraction of sp³-hybridized carbons (Fsp3) is 0.667. The lowest BCUT2D eigenvalue weighted by Crippen LogP contribution is -2.49. The predicted molar refractivity (Wildman–Crippen MR) is 81.3 cm³/mol. The SMILES string of the molecule is CCCNc1cnc(C(=O)N2CCN(C3CC3)CC2)cn1. The first-order valence-electron chi connectivity index (χ1n) is 7.87. The van der Waals surface area contributed by atoms with Gasteiger partial charge in [-0.25, -0.2) is 9.97 Å². The molecule has 1 aliphatic carbocycles. The average Bonchev–Trinajstić information content (AvgIpc) is 3.38. The molecule has 1 amide bonds. The summed E-state index contributed by atoms with van der Waals surface area (Å²) in [5.41, 5.74) is 0.442. The van der Waals surface area contributed by atoms with Gasteiger partial charge in [-0.15, -0.1) is 0 Å². The number of carbonyl (C=O) groups excluding carboxylic acids is 1. The number of aromatic nitrogens is 2. The minimum absolute atomic E-state index is 0.0000107. The van der Waals surface area contributed by atoms with Crippen LogP contribution in [0.15, 0.2) is 12.4 Å². The summed E-state index contributed by atoms with van der Waals surface area (Å²) in [7, 11) is 0. The van der Waals surface area contributed by atoms with Gasteiger partial charge in [0.05, 0.1) is 12.4 Å². The van der Waals surface area contributed by atoms with E-state index in [-0.39, 0.29) is 5.91 Å². The highest BCUT2D eigenvalue weighted by Crippen LogP contribution is 2.27. The van der Waals surface area contributed by atoms with Gasteiger partial charge in [-0.2, -0.15) is 0 Å². The molecule has 2 heterocycles. The van der Waals surface area contributed by atoms with E-state index < -0.39 is 0 Å². The van der Waals surface area contributed by atoms with E-state index in [1.165, 1.54) is 12.8 Å². The number of anilines is 1. The van der Waals surface area contributed by atoms with Crippen LogP contribution < -0.4 is 5.32 Å². The minimum Gasteiger partial charge on any atom is -0.369 e. The van der Waals surface area contributed by atoms with Crippen LogP contribution in [0.3, 0.4) is 0 Å². The highest BCUT2D eigenvalue weighted by atomic mass is 16.2. The fourth-order valence-electron chi connectivity index (χ4n) is 2.67. The van der Waals surface area contributed by atoms with Gasteiger partial charge in [0.25, 0.3) is 5.91 Å². The molecule has 0 radical (unpaired) electrons. The van der Waals surface area contributed by atoms with Crippen LogP contribution in [0.1, 0.15) is 36.7 Å². The molecule has 1 aromatic rings. The molecule has 0 atom stereocenters. The number of hydrogen-bond donors (Lipinski definition) is 1. The molecule has 1 saturated carbocycles. The molecule has 6 nitrogen and oxygen atoms in total. The van der Waals surface area contributed by atoms with Gasteiger partial charge in [0.1, 0.15) is 11.5 Å². The van der Waals surface area contributed by atoms with Gasteiger partial charge >= 0.3 is 0 Å². The second-order valence-corrected chi connectivity index (χ2v) is 5.77. The van der Waals surface area contributed by atoms with Crippen molar-refractivity contribution in [3.8, 4) is 0 Å². The van der Waals surface area contributed by atoms with Crippen molar-refractivity contribution in [2.45, 2.75) is 32.2 Å². The van der Waals surface area contributed by atoms with Crippen LogP contribution in [0.25, 0.3) is 0 Å². The molecule has 0 bridgehead atoms. The molecular formula is C15H23N5O. The average molecular weight is 289 g/mol. The van der Waals surface area contributed by atoms with E-state index in [0.717, 1.165) is 51.0 Å². The normalized spacial score (nSPS) is 19.6. The summed E-state index contributed by atoms with van der Waals surface area (Å²) in [4.78, 5) is 25.3. The number of carbonyl (C=O) groups is 1. The van der Waals surface area contributed by atoms with Gasteiger partial charge in [0.15, 0.2) is 0 Å². The van der Waals surface area contributed by atoms with E-state index in [4.69, 9.17) is 0 Å². The lowest BCUT2D eigenvalue weighted by Gasteiger charge is -2.34. The highest BCUT2D eigenvalue weighted by molar-refractivity contribution is 5.92. The lowest BCUT2D eigenvalue weighted by molar-refractivity contribution is 0.0621. The number of nitrogens with one attached hydrogen (secondary N) is 1. The van der Waals surface area contributed by atoms with Crippen molar-refractivity contribution in [2.75, 3.05) is 38.0 Å². The Morgan fingerprint density at radius 3 is 2.57 bits per heavy atom. The molecule has 1 N–H and O–H groups in total. The first-order chi connectivity index (χ1) is 10.3. The van der Waals surface area contributed by atoms with Gasteiger partial charge in [0.2, 0.25) is 0 Å². The monoisotopic (exact) mass is 289 g/mol. The van der Waals surface area contributed by atoms with Crippen molar-refractivity contribution in [1.29, 1.82) is 0 Å². The van der Waals surface area contributed by atoms with Crippen molar-refractivity contribution in [3.63, 3.8) is 0 Å². The Balaban J connectivity index is 1.54. The van der Waals surface area contributed by atoms with Crippen molar-refractivity contribution >= 4 is 11.7 Å². The summed E-state index contributed by atoms with van der Waals surface area (Å²) in [5, 5.41) is 3.16. The Kier molecular flexibility index (Phi) is 4.34. The maximum absolute atomic E-state index is 12.4. The summed E-state index contributed by atoms with van der Waals surface area (Å²) >= 11 is 0. The number of hydrogen-bond acceptors (Lipinski definition) is 5. The topological polar surface area (TPSA) is 61.4 Å². The zero-order valence-electron chi connectivity index (χ0n) is 12.6. The van der Waals surface area contributed by atoms with E-state index in [9.17, 15) is 4.79 Å². The molecular weight excluding hydrogens is 266 g/mol. The quantitative estimate of drug-likeness (QED) is 0.883. The third kappa shape index (κ3) is 3.50. The summed E-state index contributed by atoms with van der Waals surface area (Å²) < 4.78 is 0. The van der Waals surface area contributed by atoms with Crippen LogP contribution >= 0.6 is 0 Å². The molecule has 0 spiro atoms. The zero-order valence-corrected chi connectivity index (χ0v) is 12.6. The summed E-state index contributed by atoms with van der Waals surface area (Å²) in [5.74, 6) is 0.729. The molecule has 0 unspecified atom stereocenters. The molecule has 3 rings (SSSR count). The number of piperazine rings is 1. The maximum Gasteiger partial charge on any atom is 0.274 e. The molecule has 2 aliphatic rings. The molecule has 2 fully saturated rings. The number of rotatable bonds is 5. The smallest absolute Gasteiger partial charge is 0.274 e. The first-order valence-corrected chi connectivity index (χ1v) is 7.87. The summed E-state index contributed by atoms with van der Waals surface area (Å²) in [6.45, 7) is 6.53. The Morgan fingerprint density at radius 1 is 1.24 bits per heavy atom. The second-order valence-electron chi connectivity index (χ2n) is 5.77. The van der Waals surface area contributed by atoms with Crippen molar-refractivity contribution in [1.82, 2.24) is 19.8 Å². The van der Waals surface area contributed by atoms with Gasteiger partial charge < -0.3 is 10.2 Å². The van der Waals surface area contributed by atoms with E-state index >= 15 is 0 Å². The molecule has 1 aromatic heterocycles. The molecule has 21 heavy (non-hydrogen) atoms. The minimum atomic E-state index is -0.0000107. The predicted octanol–water partition coefficient (Wildman–Crippen LogP) is 1.22. The standard InChI is InChI=1S/C15H23N5O/c1-2-5-16-14-11-17-13(10-18-14)15(21)20-8-6-19(7-9-20)12-3-4-12/h10-12H,2-9H2,1H3,(H,16,18). The number of nitrogens with zero attached hydrogens (tertiary/aromatic N) is 4. The van der Waals surface area contributed by atoms with Gasteiger partial charge in [-0.05, 0) is 19.3 Å². The third-order valence-electron chi connectivity index (χ3n) is 4.09.